The van der Waals surface area contributed by atoms with E-state index >= 15 is 0 Å². The van der Waals surface area contributed by atoms with Gasteiger partial charge in [-0.15, -0.1) is 11.3 Å². The molecule has 0 saturated carbocycles. The molecule has 2 heterocycles. The molecule has 0 amide bonds. The molecule has 0 aliphatic carbocycles. The van der Waals surface area contributed by atoms with Gasteiger partial charge in [0, 0.05) is 24.0 Å². The first-order valence-corrected chi connectivity index (χ1v) is 12.8. The van der Waals surface area contributed by atoms with Crippen LogP contribution in [-0.2, 0) is 16.0 Å². The van der Waals surface area contributed by atoms with Crippen LogP contribution in [0.3, 0.4) is 0 Å². The number of halogens is 5. The second kappa shape index (κ2) is 8.85. The van der Waals surface area contributed by atoms with Gasteiger partial charge in [-0.1, -0.05) is 41.4 Å². The maximum atomic E-state index is 13.3. The molecule has 2 aromatic carbocycles. The summed E-state index contributed by atoms with van der Waals surface area (Å²) in [6, 6.07) is 9.57. The fourth-order valence-corrected chi connectivity index (χ4v) is 6.82. The van der Waals surface area contributed by atoms with Crippen molar-refractivity contribution in [1.29, 1.82) is 0 Å². The number of anilines is 1. The molecule has 0 radical (unpaired) electrons. The van der Waals surface area contributed by atoms with Crippen LogP contribution in [-0.4, -0.2) is 31.7 Å². The lowest BCUT2D eigenvalue weighted by Crippen LogP contribution is -2.39. The van der Waals surface area contributed by atoms with E-state index in [4.69, 9.17) is 23.2 Å². The van der Waals surface area contributed by atoms with Gasteiger partial charge in [0.2, 0.25) is 0 Å². The third-order valence-corrected chi connectivity index (χ3v) is 9.32. The third kappa shape index (κ3) is 4.62. The first-order chi connectivity index (χ1) is 15.1. The van der Waals surface area contributed by atoms with Gasteiger partial charge in [0.1, 0.15) is 0 Å². The Kier molecular flexibility index (Phi) is 6.46. The minimum absolute atomic E-state index is 0.218. The fraction of sp³-hybridized carbons (Fsp3) is 0.286. The Balaban J connectivity index is 1.49. The molecule has 0 spiro atoms. The van der Waals surface area contributed by atoms with Crippen molar-refractivity contribution in [3.8, 4) is 11.3 Å². The van der Waals surface area contributed by atoms with Gasteiger partial charge >= 0.3 is 6.18 Å². The summed E-state index contributed by atoms with van der Waals surface area (Å²) in [7, 11) is -4.12. The molecule has 4 nitrogen and oxygen atoms in total. The van der Waals surface area contributed by atoms with Crippen molar-refractivity contribution in [1.82, 2.24) is 4.98 Å². The zero-order chi connectivity index (χ0) is 23.1. The normalized spacial score (nSPS) is 15.8. The molecular formula is C21H17Cl2F3N2O2S2. The maximum Gasteiger partial charge on any atom is 0.417 e. The first-order valence-electron chi connectivity index (χ1n) is 9.63. The molecule has 32 heavy (non-hydrogen) atoms. The van der Waals surface area contributed by atoms with Crippen LogP contribution in [0.25, 0.3) is 11.3 Å². The van der Waals surface area contributed by atoms with Crippen LogP contribution >= 0.6 is 34.5 Å². The average molecular weight is 521 g/mol. The van der Waals surface area contributed by atoms with E-state index in [1.807, 2.05) is 16.3 Å². The third-order valence-electron chi connectivity index (χ3n) is 5.36. The van der Waals surface area contributed by atoms with Gasteiger partial charge in [0.25, 0.3) is 0 Å². The summed E-state index contributed by atoms with van der Waals surface area (Å²) < 4.78 is 66.0. The lowest BCUT2D eigenvalue weighted by molar-refractivity contribution is -0.139. The second-order valence-electron chi connectivity index (χ2n) is 7.37. The topological polar surface area (TPSA) is 50.3 Å². The Hall–Kier alpha value is -1.81. The molecule has 11 heteroatoms. The number of piperidine rings is 1. The van der Waals surface area contributed by atoms with E-state index in [0.717, 1.165) is 28.5 Å². The van der Waals surface area contributed by atoms with E-state index < -0.39 is 31.7 Å². The van der Waals surface area contributed by atoms with E-state index in [9.17, 15) is 21.6 Å². The number of sulfone groups is 1. The Labute approximate surface area is 197 Å². The number of aromatic nitrogens is 1. The number of alkyl halides is 3. The molecule has 1 aliphatic heterocycles. The fourth-order valence-electron chi connectivity index (χ4n) is 3.68. The van der Waals surface area contributed by atoms with Crippen LogP contribution in [0, 0.1) is 0 Å². The smallest absolute Gasteiger partial charge is 0.348 e. The lowest BCUT2D eigenvalue weighted by Gasteiger charge is -2.31. The maximum absolute atomic E-state index is 13.3. The summed E-state index contributed by atoms with van der Waals surface area (Å²) in [6.45, 7) is 0.763. The minimum Gasteiger partial charge on any atom is -0.348 e. The van der Waals surface area contributed by atoms with Gasteiger partial charge in [-0.2, -0.15) is 13.2 Å². The quantitative estimate of drug-likeness (QED) is 0.389. The molecule has 1 saturated heterocycles. The summed E-state index contributed by atoms with van der Waals surface area (Å²) in [5.74, 6) is 0. The molecule has 1 aliphatic rings. The van der Waals surface area contributed by atoms with Crippen molar-refractivity contribution in [3.05, 3.63) is 63.5 Å². The summed E-state index contributed by atoms with van der Waals surface area (Å²) in [5, 5.41) is 2.58. The zero-order valence-corrected chi connectivity index (χ0v) is 19.6. The number of nitrogens with zero attached hydrogens (tertiary/aromatic N) is 2. The molecule has 1 fully saturated rings. The van der Waals surface area contributed by atoms with Crippen LogP contribution < -0.4 is 4.90 Å². The monoisotopic (exact) mass is 520 g/mol. The van der Waals surface area contributed by atoms with Crippen molar-refractivity contribution in [2.24, 2.45) is 0 Å². The van der Waals surface area contributed by atoms with E-state index in [1.54, 1.807) is 12.1 Å². The van der Waals surface area contributed by atoms with Crippen LogP contribution in [0.2, 0.25) is 10.0 Å². The van der Waals surface area contributed by atoms with Gasteiger partial charge in [0.15, 0.2) is 15.0 Å². The minimum atomic E-state index is -4.73. The largest absolute Gasteiger partial charge is 0.417 e. The molecule has 0 atom stereocenters. The number of benzene rings is 2. The molecule has 0 bridgehead atoms. The van der Waals surface area contributed by atoms with Crippen molar-refractivity contribution in [2.75, 3.05) is 18.0 Å². The summed E-state index contributed by atoms with van der Waals surface area (Å²) in [6.07, 6.45) is -4.29. The highest BCUT2D eigenvalue weighted by atomic mass is 35.5. The van der Waals surface area contributed by atoms with Crippen LogP contribution in [0.5, 0.6) is 0 Å². The lowest BCUT2D eigenvalue weighted by atomic mass is 10.1. The molecule has 0 unspecified atom stereocenters. The number of rotatable bonds is 4. The van der Waals surface area contributed by atoms with Crippen LogP contribution in [0.1, 0.15) is 18.4 Å². The van der Waals surface area contributed by atoms with Crippen molar-refractivity contribution < 1.29 is 21.6 Å². The molecule has 170 valence electrons. The van der Waals surface area contributed by atoms with Crippen LogP contribution in [0.4, 0.5) is 18.3 Å². The Morgan fingerprint density at radius 1 is 1.03 bits per heavy atom. The average Bonchev–Trinajstić information content (AvgIpc) is 3.25. The van der Waals surface area contributed by atoms with E-state index in [1.165, 1.54) is 23.5 Å². The Morgan fingerprint density at radius 2 is 1.72 bits per heavy atom. The first kappa shape index (κ1) is 23.4. The summed E-state index contributed by atoms with van der Waals surface area (Å²) in [4.78, 5) is 5.91. The molecule has 0 N–H and O–H groups in total. The predicted octanol–water partition coefficient (Wildman–Crippen LogP) is 6.58. The van der Waals surface area contributed by atoms with E-state index in [0.29, 0.717) is 23.1 Å². The van der Waals surface area contributed by atoms with Gasteiger partial charge in [-0.05, 0) is 37.1 Å². The predicted molar refractivity (Wildman–Crippen MR) is 121 cm³/mol. The summed E-state index contributed by atoms with van der Waals surface area (Å²) >= 11 is 13.4. The Morgan fingerprint density at radius 3 is 2.38 bits per heavy atom. The molecule has 3 aromatic rings. The highest BCUT2D eigenvalue weighted by molar-refractivity contribution is 7.92. The van der Waals surface area contributed by atoms with Gasteiger partial charge in [-0.3, -0.25) is 0 Å². The number of thiazole rings is 1. The van der Waals surface area contributed by atoms with Gasteiger partial charge in [0.05, 0.1) is 31.4 Å². The van der Waals surface area contributed by atoms with Crippen molar-refractivity contribution in [2.45, 2.75) is 29.2 Å². The molecular weight excluding hydrogens is 504 g/mol. The second-order valence-corrected chi connectivity index (χ2v) is 11.2. The summed E-state index contributed by atoms with van der Waals surface area (Å²) in [5.41, 5.74) is 0.411. The van der Waals surface area contributed by atoms with Crippen molar-refractivity contribution >= 4 is 49.5 Å². The van der Waals surface area contributed by atoms with E-state index in [2.05, 4.69) is 4.98 Å². The van der Waals surface area contributed by atoms with Crippen LogP contribution in [0.15, 0.2) is 52.7 Å². The van der Waals surface area contributed by atoms with E-state index in [-0.39, 0.29) is 12.8 Å². The van der Waals surface area contributed by atoms with Crippen molar-refractivity contribution in [3.63, 3.8) is 0 Å². The number of hydrogen-bond donors (Lipinski definition) is 0. The highest BCUT2D eigenvalue weighted by Crippen LogP contribution is 2.38. The SMILES string of the molecule is O=S(=O)(c1ccccc1C(F)(F)F)C1CCN(c2nc(-c3ccc(Cl)c(Cl)c3)cs2)CC1. The molecule has 1 aromatic heterocycles. The van der Waals surface area contributed by atoms with Gasteiger partial charge < -0.3 is 4.90 Å². The highest BCUT2D eigenvalue weighted by Gasteiger charge is 2.40. The zero-order valence-electron chi connectivity index (χ0n) is 16.4. The molecule has 4 rings (SSSR count). The van der Waals surface area contributed by atoms with Gasteiger partial charge in [-0.25, -0.2) is 13.4 Å². The Bertz CT molecular complexity index is 1240. The standard InChI is InChI=1S/C21H17Cl2F3N2O2S2/c22-16-6-5-13(11-17(16)23)18-12-31-20(27-18)28-9-7-14(8-10-28)32(29,30)19-4-2-1-3-15(19)21(24,25)26/h1-6,11-12,14H,7-10H2. The number of hydrogen-bond acceptors (Lipinski definition) is 5.